The molecular weight excluding hydrogens is 280 g/mol. The van der Waals surface area contributed by atoms with E-state index in [0.29, 0.717) is 0 Å². The summed E-state index contributed by atoms with van der Waals surface area (Å²) in [7, 11) is 0. The number of rotatable bonds is 3. The summed E-state index contributed by atoms with van der Waals surface area (Å²) in [6.45, 7) is 1.32. The van der Waals surface area contributed by atoms with Crippen molar-refractivity contribution in [3.63, 3.8) is 0 Å². The number of Topliss-reactive ketones (excluding diaryl/α,β-unsaturated/α-hetero) is 1. The van der Waals surface area contributed by atoms with E-state index in [0.717, 1.165) is 6.07 Å². The lowest BCUT2D eigenvalue weighted by Crippen LogP contribution is -2.05. The zero-order valence-electron chi connectivity index (χ0n) is 8.43. The van der Waals surface area contributed by atoms with Crippen LogP contribution in [0.1, 0.15) is 24.8 Å². The van der Waals surface area contributed by atoms with E-state index < -0.39 is 17.6 Å². The summed E-state index contributed by atoms with van der Waals surface area (Å²) in [5, 5.41) is 8.84. The third kappa shape index (κ3) is 2.64. The van der Waals surface area contributed by atoms with E-state index in [2.05, 4.69) is 15.9 Å². The molecule has 0 amide bonds. The van der Waals surface area contributed by atoms with Crippen molar-refractivity contribution in [2.45, 2.75) is 19.3 Å². The monoisotopic (exact) mass is 287 g/mol. The Hall–Kier alpha value is -1.28. The van der Waals surface area contributed by atoms with Gasteiger partial charge in [-0.1, -0.05) is 6.07 Å². The van der Waals surface area contributed by atoms with Crippen molar-refractivity contribution >= 4 is 21.7 Å². The van der Waals surface area contributed by atoms with Crippen molar-refractivity contribution in [3.05, 3.63) is 33.8 Å². The lowest BCUT2D eigenvalue weighted by Gasteiger charge is -2.09. The normalized spacial score (nSPS) is 11.9. The average Bonchev–Trinajstić information content (AvgIpc) is 2.23. The molecule has 1 aromatic carbocycles. The molecule has 0 aliphatic carbocycles. The molecule has 0 bridgehead atoms. The molecule has 1 atom stereocenters. The van der Waals surface area contributed by atoms with Gasteiger partial charge in [0, 0.05) is 12.0 Å². The fourth-order valence-electron chi connectivity index (χ4n) is 1.32. The minimum atomic E-state index is -0.880. The van der Waals surface area contributed by atoms with Gasteiger partial charge in [-0.05, 0) is 28.9 Å². The summed E-state index contributed by atoms with van der Waals surface area (Å²) in [4.78, 5) is 10.9. The zero-order valence-corrected chi connectivity index (χ0v) is 10.0. The van der Waals surface area contributed by atoms with E-state index in [1.807, 2.05) is 6.07 Å². The summed E-state index contributed by atoms with van der Waals surface area (Å²) >= 11 is 2.75. The van der Waals surface area contributed by atoms with Crippen molar-refractivity contribution in [2.24, 2.45) is 0 Å². The number of hydrogen-bond donors (Lipinski definition) is 0. The highest BCUT2D eigenvalue weighted by atomic mass is 79.9. The maximum absolute atomic E-state index is 13.6. The van der Waals surface area contributed by atoms with E-state index in [4.69, 9.17) is 5.26 Å². The molecule has 0 fully saturated rings. The zero-order chi connectivity index (χ0) is 12.3. The summed E-state index contributed by atoms with van der Waals surface area (Å²) < 4.78 is 26.2. The van der Waals surface area contributed by atoms with Crippen molar-refractivity contribution in [1.29, 1.82) is 5.26 Å². The van der Waals surface area contributed by atoms with Crippen molar-refractivity contribution in [1.82, 2.24) is 0 Å². The topological polar surface area (TPSA) is 40.9 Å². The second kappa shape index (κ2) is 5.17. The van der Waals surface area contributed by atoms with Crippen LogP contribution in [0.25, 0.3) is 0 Å². The fraction of sp³-hybridized carbons (Fsp3) is 0.273. The third-order valence-electron chi connectivity index (χ3n) is 2.09. The largest absolute Gasteiger partial charge is 0.300 e. The first kappa shape index (κ1) is 12.8. The number of benzene rings is 1. The lowest BCUT2D eigenvalue weighted by molar-refractivity contribution is -0.117. The maximum atomic E-state index is 13.6. The quantitative estimate of drug-likeness (QED) is 0.800. The van der Waals surface area contributed by atoms with Gasteiger partial charge in [0.15, 0.2) is 0 Å². The van der Waals surface area contributed by atoms with Crippen LogP contribution in [0.5, 0.6) is 0 Å². The van der Waals surface area contributed by atoms with Crippen LogP contribution in [0, 0.1) is 23.0 Å². The Morgan fingerprint density at radius 2 is 2.19 bits per heavy atom. The first-order chi connectivity index (χ1) is 7.47. The van der Waals surface area contributed by atoms with Gasteiger partial charge >= 0.3 is 0 Å². The highest BCUT2D eigenvalue weighted by Crippen LogP contribution is 2.29. The number of hydrogen-bond acceptors (Lipinski definition) is 2. The number of carbonyl (C=O) groups is 1. The molecule has 2 nitrogen and oxygen atoms in total. The molecule has 0 aliphatic heterocycles. The number of ketones is 1. The molecule has 0 radical (unpaired) electrons. The van der Waals surface area contributed by atoms with Crippen LogP contribution < -0.4 is 0 Å². The molecule has 0 spiro atoms. The number of nitriles is 1. The summed E-state index contributed by atoms with van der Waals surface area (Å²) in [6.07, 6.45) is -0.0779. The first-order valence-electron chi connectivity index (χ1n) is 4.49. The molecule has 5 heteroatoms. The van der Waals surface area contributed by atoms with Crippen LogP contribution in [0.3, 0.4) is 0 Å². The van der Waals surface area contributed by atoms with Gasteiger partial charge < -0.3 is 0 Å². The number of carbonyl (C=O) groups excluding carboxylic acids is 1. The van der Waals surface area contributed by atoms with Gasteiger partial charge in [0.05, 0.1) is 16.5 Å². The molecule has 0 aliphatic rings. The molecule has 0 heterocycles. The predicted molar refractivity (Wildman–Crippen MR) is 57.7 cm³/mol. The Bertz CT molecular complexity index is 468. The summed E-state index contributed by atoms with van der Waals surface area (Å²) in [6, 6.07) is 4.08. The fourth-order valence-corrected chi connectivity index (χ4v) is 1.68. The Morgan fingerprint density at radius 3 is 2.69 bits per heavy atom. The van der Waals surface area contributed by atoms with Gasteiger partial charge in [0.25, 0.3) is 0 Å². The molecule has 84 valence electrons. The first-order valence-corrected chi connectivity index (χ1v) is 5.29. The van der Waals surface area contributed by atoms with Crippen LogP contribution in [0.2, 0.25) is 0 Å². The van der Waals surface area contributed by atoms with Gasteiger partial charge in [-0.25, -0.2) is 8.78 Å². The van der Waals surface area contributed by atoms with Crippen molar-refractivity contribution in [3.8, 4) is 6.07 Å². The minimum Gasteiger partial charge on any atom is -0.300 e. The van der Waals surface area contributed by atoms with E-state index in [-0.39, 0.29) is 22.2 Å². The van der Waals surface area contributed by atoms with Crippen molar-refractivity contribution < 1.29 is 13.6 Å². The van der Waals surface area contributed by atoms with Gasteiger partial charge in [0.1, 0.15) is 17.4 Å². The molecule has 1 unspecified atom stereocenters. The predicted octanol–water partition coefficient (Wildman–Crippen LogP) is 3.31. The van der Waals surface area contributed by atoms with Crippen LogP contribution in [-0.4, -0.2) is 5.78 Å². The molecule has 16 heavy (non-hydrogen) atoms. The molecule has 0 N–H and O–H groups in total. The van der Waals surface area contributed by atoms with E-state index in [1.165, 1.54) is 13.0 Å². The van der Waals surface area contributed by atoms with Crippen molar-refractivity contribution in [2.75, 3.05) is 0 Å². The third-order valence-corrected chi connectivity index (χ3v) is 2.81. The Kier molecular flexibility index (Phi) is 4.13. The van der Waals surface area contributed by atoms with Gasteiger partial charge in [-0.3, -0.25) is 4.79 Å². The minimum absolute atomic E-state index is 0.0333. The lowest BCUT2D eigenvalue weighted by atomic mass is 9.95. The van der Waals surface area contributed by atoms with E-state index >= 15 is 0 Å². The van der Waals surface area contributed by atoms with Crippen LogP contribution in [0.15, 0.2) is 16.6 Å². The summed E-state index contributed by atoms with van der Waals surface area (Å²) in [5.41, 5.74) is 0.0333. The molecule has 0 saturated heterocycles. The van der Waals surface area contributed by atoms with Crippen LogP contribution >= 0.6 is 15.9 Å². The highest BCUT2D eigenvalue weighted by Gasteiger charge is 2.20. The molecular formula is C11H8BrF2NO. The Labute approximate surface area is 100 Å². The highest BCUT2D eigenvalue weighted by molar-refractivity contribution is 9.10. The van der Waals surface area contributed by atoms with Crippen LogP contribution in [0.4, 0.5) is 8.78 Å². The van der Waals surface area contributed by atoms with Gasteiger partial charge in [-0.2, -0.15) is 5.26 Å². The Balaban J connectivity index is 3.17. The SMILES string of the molecule is CC(=O)CC(C#N)c1ccc(F)c(Br)c1F. The van der Waals surface area contributed by atoms with Crippen LogP contribution in [-0.2, 0) is 4.79 Å². The smallest absolute Gasteiger partial charge is 0.144 e. The van der Waals surface area contributed by atoms with Gasteiger partial charge in [0.2, 0.25) is 0 Å². The maximum Gasteiger partial charge on any atom is 0.144 e. The number of halogens is 3. The second-order valence-electron chi connectivity index (χ2n) is 3.35. The van der Waals surface area contributed by atoms with Gasteiger partial charge in [-0.15, -0.1) is 0 Å². The second-order valence-corrected chi connectivity index (χ2v) is 4.15. The molecule has 0 saturated carbocycles. The average molecular weight is 288 g/mol. The standard InChI is InChI=1S/C11H8BrF2NO/c1-6(16)4-7(5-15)8-2-3-9(13)10(12)11(8)14/h2-3,7H,4H2,1H3. The van der Waals surface area contributed by atoms with E-state index in [1.54, 1.807) is 0 Å². The summed E-state index contributed by atoms with van der Waals surface area (Å²) in [5.74, 6) is -2.66. The van der Waals surface area contributed by atoms with E-state index in [9.17, 15) is 13.6 Å². The molecule has 1 rings (SSSR count). The molecule has 1 aromatic rings. The molecule has 0 aromatic heterocycles. The number of nitrogens with zero attached hydrogens (tertiary/aromatic N) is 1. The Morgan fingerprint density at radius 1 is 1.56 bits per heavy atom.